The van der Waals surface area contributed by atoms with Gasteiger partial charge in [0.25, 0.3) is 0 Å². The zero-order valence-electron chi connectivity index (χ0n) is 19.5. The quantitative estimate of drug-likeness (QED) is 0.264. The van der Waals surface area contributed by atoms with E-state index < -0.39 is 0 Å². The number of methoxy groups -OCH3 is 2. The van der Waals surface area contributed by atoms with Crippen LogP contribution in [0.1, 0.15) is 38.7 Å². The van der Waals surface area contributed by atoms with Crippen LogP contribution in [0.5, 0.6) is 23.0 Å². The highest BCUT2D eigenvalue weighted by atomic mass is 32.1. The number of ether oxygens (including phenoxy) is 4. The molecular weight excluding hydrogens is 460 g/mol. The number of hydrogen-bond donors (Lipinski definition) is 3. The number of benzene rings is 2. The Morgan fingerprint density at radius 1 is 0.781 bits per heavy atom. The second-order valence-electron chi connectivity index (χ2n) is 7.77. The van der Waals surface area contributed by atoms with Crippen molar-refractivity contribution in [1.82, 2.24) is 0 Å². The predicted molar refractivity (Wildman–Crippen MR) is 144 cm³/mol. The topological polar surface area (TPSA) is 36.9 Å². The lowest BCUT2D eigenvalue weighted by Gasteiger charge is -2.21. The number of thiol groups is 3. The van der Waals surface area contributed by atoms with Gasteiger partial charge in [0, 0.05) is 21.6 Å². The molecule has 2 aromatic rings. The Morgan fingerprint density at radius 3 is 1.97 bits per heavy atom. The van der Waals surface area contributed by atoms with Gasteiger partial charge in [0.2, 0.25) is 0 Å². The van der Waals surface area contributed by atoms with E-state index in [1.807, 2.05) is 18.2 Å². The Bertz CT molecular complexity index is 840. The fourth-order valence-electron chi connectivity index (χ4n) is 3.35. The summed E-state index contributed by atoms with van der Waals surface area (Å²) in [5.41, 5.74) is 2.92. The van der Waals surface area contributed by atoms with Gasteiger partial charge >= 0.3 is 0 Å². The minimum Gasteiger partial charge on any atom is -0.493 e. The molecule has 0 spiro atoms. The molecule has 0 saturated carbocycles. The lowest BCUT2D eigenvalue weighted by atomic mass is 9.98. The van der Waals surface area contributed by atoms with Crippen molar-refractivity contribution < 1.29 is 18.9 Å². The fraction of sp³-hybridized carbons (Fsp3) is 0.520. The maximum absolute atomic E-state index is 6.31. The molecule has 0 fully saturated rings. The van der Waals surface area contributed by atoms with E-state index in [1.54, 1.807) is 14.2 Å². The molecule has 2 rings (SSSR count). The summed E-state index contributed by atoms with van der Waals surface area (Å²) < 4.78 is 24.0. The van der Waals surface area contributed by atoms with Gasteiger partial charge < -0.3 is 18.9 Å². The van der Waals surface area contributed by atoms with Crippen LogP contribution in [-0.4, -0.2) is 43.7 Å². The highest BCUT2D eigenvalue weighted by molar-refractivity contribution is 7.81. The largest absolute Gasteiger partial charge is 0.493 e. The maximum atomic E-state index is 6.31. The van der Waals surface area contributed by atoms with Crippen LogP contribution >= 0.6 is 37.9 Å². The summed E-state index contributed by atoms with van der Waals surface area (Å²) >= 11 is 13.3. The van der Waals surface area contributed by atoms with Crippen molar-refractivity contribution in [2.75, 3.05) is 33.2 Å². The molecule has 2 atom stereocenters. The third-order valence-electron chi connectivity index (χ3n) is 5.06. The first-order valence-electron chi connectivity index (χ1n) is 11.0. The Hall–Kier alpha value is -1.31. The number of rotatable bonds is 14. The minimum absolute atomic E-state index is 0.246. The fourth-order valence-corrected chi connectivity index (χ4v) is 3.72. The summed E-state index contributed by atoms with van der Waals surface area (Å²) in [4.78, 5) is 0. The van der Waals surface area contributed by atoms with Gasteiger partial charge in [-0.25, -0.2) is 0 Å². The van der Waals surface area contributed by atoms with Gasteiger partial charge in [0.15, 0.2) is 23.0 Å². The van der Waals surface area contributed by atoms with E-state index in [4.69, 9.17) is 18.9 Å². The summed E-state index contributed by atoms with van der Waals surface area (Å²) in [6, 6.07) is 10.1. The molecule has 2 aromatic carbocycles. The first-order chi connectivity index (χ1) is 15.4. The van der Waals surface area contributed by atoms with Crippen molar-refractivity contribution in [2.24, 2.45) is 0 Å². The molecule has 7 heteroatoms. The molecule has 0 aromatic heterocycles. The predicted octanol–water partition coefficient (Wildman–Crippen LogP) is 6.41. The molecule has 2 unspecified atom stereocenters. The van der Waals surface area contributed by atoms with E-state index in [9.17, 15) is 0 Å². The van der Waals surface area contributed by atoms with Gasteiger partial charge in [0.05, 0.1) is 27.4 Å². The third kappa shape index (κ3) is 7.63. The number of hydrogen-bond acceptors (Lipinski definition) is 7. The van der Waals surface area contributed by atoms with E-state index in [-0.39, 0.29) is 10.5 Å². The lowest BCUT2D eigenvalue weighted by molar-refractivity contribution is 0.286. The van der Waals surface area contributed by atoms with Gasteiger partial charge in [-0.05, 0) is 49.1 Å². The van der Waals surface area contributed by atoms with Crippen LogP contribution in [-0.2, 0) is 6.42 Å². The zero-order valence-corrected chi connectivity index (χ0v) is 22.1. The smallest absolute Gasteiger partial charge is 0.169 e. The third-order valence-corrected chi connectivity index (χ3v) is 5.89. The van der Waals surface area contributed by atoms with Crippen molar-refractivity contribution in [2.45, 2.75) is 50.0 Å². The second-order valence-corrected chi connectivity index (χ2v) is 9.98. The molecule has 0 amide bonds. The van der Waals surface area contributed by atoms with Crippen molar-refractivity contribution in [3.05, 3.63) is 35.9 Å². The summed E-state index contributed by atoms with van der Waals surface area (Å²) in [6.07, 6.45) is 3.48. The molecule has 4 nitrogen and oxygen atoms in total. The maximum Gasteiger partial charge on any atom is 0.169 e. The summed E-state index contributed by atoms with van der Waals surface area (Å²) in [5.74, 6) is 3.67. The molecule has 0 heterocycles. The Morgan fingerprint density at radius 2 is 1.41 bits per heavy atom. The van der Waals surface area contributed by atoms with Gasteiger partial charge in [-0.2, -0.15) is 37.9 Å². The Labute approximate surface area is 209 Å². The van der Waals surface area contributed by atoms with Crippen molar-refractivity contribution in [3.63, 3.8) is 0 Å². The van der Waals surface area contributed by atoms with E-state index in [1.165, 1.54) is 0 Å². The van der Waals surface area contributed by atoms with Crippen LogP contribution in [0.2, 0.25) is 0 Å². The standard InChI is InChI=1S/C25H36O4S3/c1-17(31)12-14-28-24-20(8-5-9-22(24)26-3)21-11-10-19(7-6-16-30)23(27-4)25(21)29-15-13-18(2)32/h5,8-11,17-18,30-32H,6-7,12-16H2,1-4H3. The molecule has 32 heavy (non-hydrogen) atoms. The lowest BCUT2D eigenvalue weighted by Crippen LogP contribution is -2.08. The average molecular weight is 497 g/mol. The molecule has 0 aliphatic rings. The molecule has 0 radical (unpaired) electrons. The van der Waals surface area contributed by atoms with Crippen LogP contribution < -0.4 is 18.9 Å². The minimum atomic E-state index is 0.246. The summed E-state index contributed by atoms with van der Waals surface area (Å²) in [6.45, 7) is 5.20. The summed E-state index contributed by atoms with van der Waals surface area (Å²) in [5, 5.41) is 0.497. The monoisotopic (exact) mass is 496 g/mol. The Balaban J connectivity index is 2.56. The second kappa shape index (κ2) is 14.1. The van der Waals surface area contributed by atoms with Crippen molar-refractivity contribution in [3.8, 4) is 34.1 Å². The zero-order chi connectivity index (χ0) is 23.5. The van der Waals surface area contributed by atoms with Gasteiger partial charge in [-0.1, -0.05) is 32.0 Å². The molecule has 178 valence electrons. The van der Waals surface area contributed by atoms with Crippen LogP contribution in [0.15, 0.2) is 30.3 Å². The van der Waals surface area contributed by atoms with E-state index in [2.05, 4.69) is 63.9 Å². The molecule has 0 bridgehead atoms. The Kier molecular flexibility index (Phi) is 11.8. The van der Waals surface area contributed by atoms with Crippen LogP contribution in [0.25, 0.3) is 11.1 Å². The SMILES string of the molecule is COc1cccc(-c2ccc(CCCS)c(OC)c2OCCC(C)S)c1OCCC(C)S. The summed E-state index contributed by atoms with van der Waals surface area (Å²) in [7, 11) is 3.34. The highest BCUT2D eigenvalue weighted by Crippen LogP contribution is 2.47. The number of aryl methyl sites for hydroxylation is 1. The normalized spacial score (nSPS) is 12.8. The van der Waals surface area contributed by atoms with E-state index >= 15 is 0 Å². The van der Waals surface area contributed by atoms with Gasteiger partial charge in [-0.3, -0.25) is 0 Å². The van der Waals surface area contributed by atoms with Crippen molar-refractivity contribution in [1.29, 1.82) is 0 Å². The van der Waals surface area contributed by atoms with Crippen LogP contribution in [0.4, 0.5) is 0 Å². The molecule has 0 aliphatic carbocycles. The average Bonchev–Trinajstić information content (AvgIpc) is 2.77. The molecule has 0 N–H and O–H groups in total. The first-order valence-corrected chi connectivity index (χ1v) is 12.7. The molecule has 0 saturated heterocycles. The van der Waals surface area contributed by atoms with Gasteiger partial charge in [-0.15, -0.1) is 0 Å². The number of para-hydroxylation sites is 1. The van der Waals surface area contributed by atoms with Gasteiger partial charge in [0.1, 0.15) is 0 Å². The highest BCUT2D eigenvalue weighted by Gasteiger charge is 2.22. The van der Waals surface area contributed by atoms with E-state index in [0.717, 1.165) is 59.6 Å². The molecular formula is C25H36O4S3. The molecule has 0 aliphatic heterocycles. The van der Waals surface area contributed by atoms with Crippen molar-refractivity contribution >= 4 is 37.9 Å². The van der Waals surface area contributed by atoms with Crippen LogP contribution in [0, 0.1) is 0 Å². The van der Waals surface area contributed by atoms with E-state index in [0.29, 0.717) is 24.7 Å². The first kappa shape index (κ1) is 26.9. The van der Waals surface area contributed by atoms with Crippen LogP contribution in [0.3, 0.4) is 0 Å².